The first kappa shape index (κ1) is 28.7. The summed E-state index contributed by atoms with van der Waals surface area (Å²) in [6.45, 7) is 9.28. The van der Waals surface area contributed by atoms with E-state index in [0.717, 1.165) is 32.0 Å². The molecule has 0 aliphatic carbocycles. The second-order valence-corrected chi connectivity index (χ2v) is 10.9. The zero-order valence-corrected chi connectivity index (χ0v) is 22.6. The van der Waals surface area contributed by atoms with E-state index in [1.54, 1.807) is 0 Å². The molecule has 4 rings (SSSR count). The topological polar surface area (TPSA) is 85.0 Å². The zero-order valence-electron chi connectivity index (χ0n) is 22.6. The molecule has 3 aliphatic rings. The Labute approximate surface area is 226 Å². The van der Waals surface area contributed by atoms with Crippen LogP contribution >= 0.6 is 0 Å². The molecule has 0 spiro atoms. The molecule has 0 aromatic heterocycles. The van der Waals surface area contributed by atoms with Crippen molar-refractivity contribution in [3.05, 3.63) is 59.3 Å². The molecule has 39 heavy (non-hydrogen) atoms. The van der Waals surface area contributed by atoms with Gasteiger partial charge in [-0.1, -0.05) is 38.1 Å². The first-order valence-electron chi connectivity index (χ1n) is 13.3. The number of halogens is 3. The molecule has 1 fully saturated rings. The van der Waals surface area contributed by atoms with Crippen LogP contribution in [-0.4, -0.2) is 77.9 Å². The van der Waals surface area contributed by atoms with Crippen LogP contribution in [0.1, 0.15) is 50.3 Å². The number of hydrogen-bond acceptors (Lipinski definition) is 4. The predicted octanol–water partition coefficient (Wildman–Crippen LogP) is 3.68. The molecule has 4 amide bonds. The lowest BCUT2D eigenvalue weighted by Crippen LogP contribution is -2.53. The van der Waals surface area contributed by atoms with Gasteiger partial charge < -0.3 is 20.4 Å². The monoisotopic (exact) mass is 547 g/mol. The predicted molar refractivity (Wildman–Crippen MR) is 140 cm³/mol. The van der Waals surface area contributed by atoms with E-state index in [2.05, 4.69) is 22.1 Å². The Morgan fingerprint density at radius 1 is 1.21 bits per heavy atom. The third-order valence-corrected chi connectivity index (χ3v) is 7.58. The molecule has 0 radical (unpaired) electrons. The number of alkyl halides is 3. The Morgan fingerprint density at radius 3 is 2.49 bits per heavy atom. The van der Waals surface area contributed by atoms with Crippen LogP contribution in [0.15, 0.2) is 48.2 Å². The first-order chi connectivity index (χ1) is 18.4. The van der Waals surface area contributed by atoms with E-state index in [-0.39, 0.29) is 42.1 Å². The SMILES string of the molecule is C=CCN1C(=O)NC(c2ccccc2C(F)(F)F)C2=C1CN(C(CC(C)C)C(=O)NC1CCN(C)CC1)C2=O. The summed E-state index contributed by atoms with van der Waals surface area (Å²) in [5.74, 6) is -0.770. The van der Waals surface area contributed by atoms with Crippen LogP contribution in [0.3, 0.4) is 0 Å². The van der Waals surface area contributed by atoms with Crippen LogP contribution in [0.2, 0.25) is 0 Å². The van der Waals surface area contributed by atoms with Crippen molar-refractivity contribution in [1.29, 1.82) is 0 Å². The maximum absolute atomic E-state index is 14.0. The molecule has 2 atom stereocenters. The minimum absolute atomic E-state index is 0.0180. The summed E-state index contributed by atoms with van der Waals surface area (Å²) in [5, 5.41) is 5.71. The van der Waals surface area contributed by atoms with Gasteiger partial charge in [0.15, 0.2) is 0 Å². The van der Waals surface area contributed by atoms with Crippen LogP contribution in [0.5, 0.6) is 0 Å². The largest absolute Gasteiger partial charge is 0.416 e. The van der Waals surface area contributed by atoms with Crippen molar-refractivity contribution in [2.24, 2.45) is 5.92 Å². The molecule has 2 N–H and O–H groups in total. The molecule has 1 saturated heterocycles. The molecule has 11 heteroatoms. The van der Waals surface area contributed by atoms with Gasteiger partial charge in [-0.3, -0.25) is 14.5 Å². The lowest BCUT2D eigenvalue weighted by molar-refractivity contribution is -0.139. The van der Waals surface area contributed by atoms with Crippen molar-refractivity contribution in [2.75, 3.05) is 33.2 Å². The summed E-state index contributed by atoms with van der Waals surface area (Å²) in [6.07, 6.45) is -1.24. The summed E-state index contributed by atoms with van der Waals surface area (Å²) in [6, 6.07) is 2.15. The molecule has 1 aromatic rings. The van der Waals surface area contributed by atoms with Crippen molar-refractivity contribution >= 4 is 17.8 Å². The number of hydrogen-bond donors (Lipinski definition) is 2. The number of nitrogens with one attached hydrogen (secondary N) is 2. The minimum Gasteiger partial charge on any atom is -0.351 e. The van der Waals surface area contributed by atoms with Gasteiger partial charge >= 0.3 is 12.2 Å². The van der Waals surface area contributed by atoms with Gasteiger partial charge in [0, 0.05) is 12.6 Å². The van der Waals surface area contributed by atoms with Crippen LogP contribution in [-0.2, 0) is 15.8 Å². The van der Waals surface area contributed by atoms with Gasteiger partial charge in [-0.2, -0.15) is 13.2 Å². The second-order valence-electron chi connectivity index (χ2n) is 10.9. The highest BCUT2D eigenvalue weighted by atomic mass is 19.4. The van der Waals surface area contributed by atoms with Gasteiger partial charge in [0.25, 0.3) is 5.91 Å². The van der Waals surface area contributed by atoms with Crippen molar-refractivity contribution in [1.82, 2.24) is 25.3 Å². The summed E-state index contributed by atoms with van der Waals surface area (Å²) < 4.78 is 41.8. The number of likely N-dealkylation sites (tertiary alicyclic amines) is 1. The average molecular weight is 548 g/mol. The molecule has 1 aromatic carbocycles. The second kappa shape index (κ2) is 11.4. The third-order valence-electron chi connectivity index (χ3n) is 7.58. The van der Waals surface area contributed by atoms with Gasteiger partial charge in [-0.15, -0.1) is 6.58 Å². The Kier molecular flexibility index (Phi) is 8.39. The summed E-state index contributed by atoms with van der Waals surface area (Å²) in [4.78, 5) is 45.6. The molecule has 8 nitrogen and oxygen atoms in total. The van der Waals surface area contributed by atoms with E-state index in [1.807, 2.05) is 20.9 Å². The highest BCUT2D eigenvalue weighted by molar-refractivity contribution is 6.03. The molecule has 0 saturated carbocycles. The van der Waals surface area contributed by atoms with Crippen LogP contribution in [0.4, 0.5) is 18.0 Å². The summed E-state index contributed by atoms with van der Waals surface area (Å²) in [5.41, 5.74) is -0.791. The molecule has 212 valence electrons. The fraction of sp³-hybridized carbons (Fsp3) is 0.536. The summed E-state index contributed by atoms with van der Waals surface area (Å²) >= 11 is 0. The maximum atomic E-state index is 14.0. The Bertz CT molecular complexity index is 1160. The first-order valence-corrected chi connectivity index (χ1v) is 13.3. The molecule has 0 bridgehead atoms. The molecule has 3 aliphatic heterocycles. The number of carbonyl (C=O) groups is 3. The average Bonchev–Trinajstić information content (AvgIpc) is 3.21. The third kappa shape index (κ3) is 5.98. The smallest absolute Gasteiger partial charge is 0.351 e. The fourth-order valence-electron chi connectivity index (χ4n) is 5.60. The number of urea groups is 1. The molecular formula is C28H36F3N5O3. The van der Waals surface area contributed by atoms with Gasteiger partial charge in [0.05, 0.1) is 29.4 Å². The number of carbonyl (C=O) groups excluding carboxylic acids is 3. The van der Waals surface area contributed by atoms with Gasteiger partial charge in [-0.25, -0.2) is 4.79 Å². The number of nitrogens with zero attached hydrogens (tertiary/aromatic N) is 3. The van der Waals surface area contributed by atoms with E-state index in [0.29, 0.717) is 12.1 Å². The highest BCUT2D eigenvalue weighted by Crippen LogP contribution is 2.42. The van der Waals surface area contributed by atoms with E-state index < -0.39 is 35.8 Å². The van der Waals surface area contributed by atoms with Crippen molar-refractivity contribution in [3.63, 3.8) is 0 Å². The van der Waals surface area contributed by atoms with E-state index >= 15 is 0 Å². The van der Waals surface area contributed by atoms with Crippen LogP contribution < -0.4 is 10.6 Å². The van der Waals surface area contributed by atoms with Gasteiger partial charge in [-0.05, 0) is 56.9 Å². The fourth-order valence-corrected chi connectivity index (χ4v) is 5.60. The van der Waals surface area contributed by atoms with E-state index in [4.69, 9.17) is 0 Å². The van der Waals surface area contributed by atoms with E-state index in [9.17, 15) is 27.6 Å². The number of rotatable bonds is 8. The maximum Gasteiger partial charge on any atom is 0.416 e. The van der Waals surface area contributed by atoms with Crippen LogP contribution in [0.25, 0.3) is 0 Å². The molecule has 2 unspecified atom stereocenters. The number of benzene rings is 1. The standard InChI is InChI=1S/C28H36F3N5O3/c1-5-12-35-22-16-36(21(15-17(2)3)25(37)32-18-10-13-34(4)14-11-18)26(38)23(22)24(33-27(35)39)19-8-6-7-9-20(19)28(29,30)31/h5-9,17-18,21,24H,1,10-16H2,2-4H3,(H,32,37)(H,33,39). The van der Waals surface area contributed by atoms with E-state index in [1.165, 1.54) is 34.1 Å². The quantitative estimate of drug-likeness (QED) is 0.487. The molecular weight excluding hydrogens is 511 g/mol. The lowest BCUT2D eigenvalue weighted by atomic mass is 9.91. The normalized spacial score (nSPS) is 21.8. The minimum atomic E-state index is -4.68. The Hall–Kier alpha value is -3.34. The van der Waals surface area contributed by atoms with Gasteiger partial charge in [0.2, 0.25) is 5.91 Å². The van der Waals surface area contributed by atoms with Crippen LogP contribution in [0, 0.1) is 5.92 Å². The number of amides is 4. The highest BCUT2D eigenvalue weighted by Gasteiger charge is 2.49. The van der Waals surface area contributed by atoms with Crippen molar-refractivity contribution in [2.45, 2.75) is 57.4 Å². The van der Waals surface area contributed by atoms with Crippen molar-refractivity contribution in [3.8, 4) is 0 Å². The zero-order chi connectivity index (χ0) is 28.5. The molecule has 3 heterocycles. The lowest BCUT2D eigenvalue weighted by Gasteiger charge is -2.34. The Balaban J connectivity index is 1.70. The van der Waals surface area contributed by atoms with Crippen molar-refractivity contribution < 1.29 is 27.6 Å². The Morgan fingerprint density at radius 2 is 1.87 bits per heavy atom. The number of piperidine rings is 1. The van der Waals surface area contributed by atoms with Gasteiger partial charge in [0.1, 0.15) is 6.04 Å². The summed E-state index contributed by atoms with van der Waals surface area (Å²) in [7, 11) is 2.02.